The number of carbonyl (C=O) groups excluding carboxylic acids is 1. The van der Waals surface area contributed by atoms with E-state index in [0.717, 1.165) is 0 Å². The molecular formula is C15H18N6O4. The van der Waals surface area contributed by atoms with E-state index in [-0.39, 0.29) is 23.4 Å². The average Bonchev–Trinajstić information content (AvgIpc) is 2.59. The second-order valence-corrected chi connectivity index (χ2v) is 5.28. The van der Waals surface area contributed by atoms with Gasteiger partial charge < -0.3 is 10.1 Å². The third-order valence-corrected chi connectivity index (χ3v) is 3.08. The van der Waals surface area contributed by atoms with Gasteiger partial charge in [0.05, 0.1) is 12.0 Å². The van der Waals surface area contributed by atoms with Crippen LogP contribution in [-0.2, 0) is 0 Å². The van der Waals surface area contributed by atoms with Gasteiger partial charge in [-0.05, 0) is 38.1 Å². The van der Waals surface area contributed by atoms with Crippen LogP contribution in [-0.4, -0.2) is 34.0 Å². The van der Waals surface area contributed by atoms with Crippen LogP contribution in [0.5, 0.6) is 5.75 Å². The maximum Gasteiger partial charge on any atom is 0.354 e. The quantitative estimate of drug-likeness (QED) is 0.512. The van der Waals surface area contributed by atoms with Gasteiger partial charge in [0.1, 0.15) is 12.1 Å². The average molecular weight is 346 g/mol. The molecule has 0 fully saturated rings. The molecule has 0 saturated carbocycles. The Bertz CT molecular complexity index is 763. The molecule has 25 heavy (non-hydrogen) atoms. The first kappa shape index (κ1) is 17.9. The highest BCUT2D eigenvalue weighted by atomic mass is 16.6. The van der Waals surface area contributed by atoms with E-state index in [9.17, 15) is 14.9 Å². The zero-order valence-electron chi connectivity index (χ0n) is 13.9. The molecule has 1 heterocycles. The Kier molecular flexibility index (Phi) is 5.66. The van der Waals surface area contributed by atoms with Gasteiger partial charge >= 0.3 is 5.69 Å². The summed E-state index contributed by atoms with van der Waals surface area (Å²) in [6, 6.07) is 6.33. The van der Waals surface area contributed by atoms with Gasteiger partial charge in [-0.25, -0.2) is 9.97 Å². The molecule has 2 rings (SSSR count). The summed E-state index contributed by atoms with van der Waals surface area (Å²) in [6.45, 7) is 3.65. The molecule has 0 aliphatic carbocycles. The first-order valence-corrected chi connectivity index (χ1v) is 7.38. The van der Waals surface area contributed by atoms with Gasteiger partial charge in [-0.1, -0.05) is 0 Å². The summed E-state index contributed by atoms with van der Waals surface area (Å²) in [4.78, 5) is 30.5. The lowest BCUT2D eigenvalue weighted by molar-refractivity contribution is -0.383. The smallest absolute Gasteiger partial charge is 0.354 e. The molecule has 0 aliphatic rings. The fraction of sp³-hybridized carbons (Fsp3) is 0.267. The van der Waals surface area contributed by atoms with E-state index < -0.39 is 10.8 Å². The third kappa shape index (κ3) is 4.53. The summed E-state index contributed by atoms with van der Waals surface area (Å²) in [5.74, 6) is 0.0792. The number of nitrogens with zero attached hydrogens (tertiary/aromatic N) is 3. The van der Waals surface area contributed by atoms with Gasteiger partial charge in [0.15, 0.2) is 0 Å². The molecule has 0 unspecified atom stereocenters. The number of hydrogen-bond acceptors (Lipinski definition) is 8. The fourth-order valence-electron chi connectivity index (χ4n) is 1.95. The fourth-order valence-corrected chi connectivity index (χ4v) is 1.95. The minimum absolute atomic E-state index is 0.0599. The lowest BCUT2D eigenvalue weighted by Crippen LogP contribution is -2.30. The van der Waals surface area contributed by atoms with Gasteiger partial charge in [0.2, 0.25) is 11.6 Å². The van der Waals surface area contributed by atoms with Crippen molar-refractivity contribution in [2.45, 2.75) is 19.9 Å². The first-order valence-electron chi connectivity index (χ1n) is 7.38. The zero-order chi connectivity index (χ0) is 18.4. The van der Waals surface area contributed by atoms with Crippen LogP contribution in [0.25, 0.3) is 0 Å². The second-order valence-electron chi connectivity index (χ2n) is 5.28. The number of anilines is 2. The Balaban J connectivity index is 2.16. The number of benzene rings is 1. The minimum Gasteiger partial charge on any atom is -0.497 e. The molecule has 1 aromatic heterocycles. The van der Waals surface area contributed by atoms with Crippen LogP contribution in [0, 0.1) is 10.1 Å². The van der Waals surface area contributed by atoms with E-state index in [1.165, 1.54) is 13.4 Å². The monoisotopic (exact) mass is 346 g/mol. The number of methoxy groups -OCH3 is 1. The molecule has 0 aliphatic heterocycles. The summed E-state index contributed by atoms with van der Waals surface area (Å²) < 4.78 is 5.02. The van der Waals surface area contributed by atoms with Crippen molar-refractivity contribution in [3.05, 3.63) is 46.3 Å². The highest BCUT2D eigenvalue weighted by Crippen LogP contribution is 2.28. The number of hydrazine groups is 1. The summed E-state index contributed by atoms with van der Waals surface area (Å²) >= 11 is 0. The number of hydrogen-bond donors (Lipinski definition) is 3. The molecule has 2 aromatic rings. The van der Waals surface area contributed by atoms with Crippen LogP contribution in [0.15, 0.2) is 30.6 Å². The first-order chi connectivity index (χ1) is 11.9. The molecule has 0 bridgehead atoms. The number of nitrogens with one attached hydrogen (secondary N) is 3. The van der Waals surface area contributed by atoms with Crippen LogP contribution in [0.1, 0.15) is 24.2 Å². The number of rotatable bonds is 7. The van der Waals surface area contributed by atoms with E-state index in [1.807, 2.05) is 13.8 Å². The van der Waals surface area contributed by atoms with Gasteiger partial charge in [-0.15, -0.1) is 0 Å². The van der Waals surface area contributed by atoms with Gasteiger partial charge in [0.25, 0.3) is 5.91 Å². The summed E-state index contributed by atoms with van der Waals surface area (Å²) in [7, 11) is 1.52. The predicted octanol–water partition coefficient (Wildman–Crippen LogP) is 1.97. The van der Waals surface area contributed by atoms with Crippen molar-refractivity contribution in [2.24, 2.45) is 0 Å². The lowest BCUT2D eigenvalue weighted by atomic mass is 10.2. The molecule has 0 saturated heterocycles. The summed E-state index contributed by atoms with van der Waals surface area (Å²) in [5.41, 5.74) is 4.84. The molecule has 10 heteroatoms. The normalized spacial score (nSPS) is 10.2. The Labute approximate surface area is 143 Å². The Morgan fingerprint density at radius 1 is 1.20 bits per heavy atom. The Morgan fingerprint density at radius 3 is 2.40 bits per heavy atom. The maximum absolute atomic E-state index is 12.1. The molecule has 0 atom stereocenters. The highest BCUT2D eigenvalue weighted by molar-refractivity contribution is 5.95. The van der Waals surface area contributed by atoms with Crippen LogP contribution in [0.2, 0.25) is 0 Å². The second kappa shape index (κ2) is 7.90. The van der Waals surface area contributed by atoms with Crippen LogP contribution in [0.4, 0.5) is 17.3 Å². The third-order valence-electron chi connectivity index (χ3n) is 3.08. The van der Waals surface area contributed by atoms with Gasteiger partial charge in [-0.2, -0.15) is 0 Å². The molecule has 0 radical (unpaired) electrons. The number of amides is 1. The van der Waals surface area contributed by atoms with Crippen molar-refractivity contribution < 1.29 is 14.5 Å². The molecule has 10 nitrogen and oxygen atoms in total. The lowest BCUT2D eigenvalue weighted by Gasteiger charge is -2.12. The molecule has 0 spiro atoms. The molecular weight excluding hydrogens is 328 g/mol. The number of nitro groups is 1. The van der Waals surface area contributed by atoms with Crippen LogP contribution >= 0.6 is 0 Å². The van der Waals surface area contributed by atoms with Crippen molar-refractivity contribution in [2.75, 3.05) is 17.9 Å². The number of ether oxygens (including phenoxy) is 1. The topological polar surface area (TPSA) is 131 Å². The van der Waals surface area contributed by atoms with E-state index in [1.54, 1.807) is 24.3 Å². The van der Waals surface area contributed by atoms with E-state index in [0.29, 0.717) is 11.3 Å². The molecule has 1 amide bonds. The van der Waals surface area contributed by atoms with Crippen molar-refractivity contribution in [1.82, 2.24) is 15.4 Å². The Morgan fingerprint density at radius 2 is 1.84 bits per heavy atom. The zero-order valence-corrected chi connectivity index (χ0v) is 13.9. The van der Waals surface area contributed by atoms with Crippen LogP contribution in [0.3, 0.4) is 0 Å². The van der Waals surface area contributed by atoms with E-state index in [2.05, 4.69) is 26.1 Å². The van der Waals surface area contributed by atoms with Crippen molar-refractivity contribution in [3.8, 4) is 5.75 Å². The van der Waals surface area contributed by atoms with Gasteiger partial charge in [0, 0.05) is 11.6 Å². The standard InChI is InChI=1S/C15H18N6O4/c1-9(2)18-13-12(21(23)24)14(17-8-16-13)19-20-15(22)10-4-6-11(25-3)7-5-10/h4-9H,1-3H3,(H,20,22)(H2,16,17,18,19). The predicted molar refractivity (Wildman–Crippen MR) is 91.5 cm³/mol. The number of aromatic nitrogens is 2. The SMILES string of the molecule is COc1ccc(C(=O)NNc2ncnc(NC(C)C)c2[N+](=O)[O-])cc1. The summed E-state index contributed by atoms with van der Waals surface area (Å²) in [6.07, 6.45) is 1.17. The largest absolute Gasteiger partial charge is 0.497 e. The van der Waals surface area contributed by atoms with Crippen LogP contribution < -0.4 is 20.9 Å². The number of carbonyl (C=O) groups is 1. The van der Waals surface area contributed by atoms with Gasteiger partial charge in [-0.3, -0.25) is 25.8 Å². The van der Waals surface area contributed by atoms with Crippen molar-refractivity contribution in [1.29, 1.82) is 0 Å². The summed E-state index contributed by atoms with van der Waals surface area (Å²) in [5, 5.41) is 14.2. The van der Waals surface area contributed by atoms with Crippen molar-refractivity contribution >= 4 is 23.2 Å². The molecule has 3 N–H and O–H groups in total. The minimum atomic E-state index is -0.618. The molecule has 1 aromatic carbocycles. The highest BCUT2D eigenvalue weighted by Gasteiger charge is 2.23. The van der Waals surface area contributed by atoms with E-state index in [4.69, 9.17) is 4.74 Å². The maximum atomic E-state index is 12.1. The van der Waals surface area contributed by atoms with Crippen molar-refractivity contribution in [3.63, 3.8) is 0 Å². The Hall–Kier alpha value is -3.43. The molecule has 132 valence electrons. The van der Waals surface area contributed by atoms with E-state index >= 15 is 0 Å².